The van der Waals surface area contributed by atoms with E-state index in [9.17, 15) is 4.79 Å². The zero-order chi connectivity index (χ0) is 19.9. The van der Waals surface area contributed by atoms with Crippen molar-refractivity contribution < 1.29 is 9.90 Å². The number of hydrogen-bond donors (Lipinski definition) is 3. The lowest BCUT2D eigenvalue weighted by atomic mass is 10.1. The molecule has 0 spiro atoms. The van der Waals surface area contributed by atoms with Crippen LogP contribution < -0.4 is 10.6 Å². The van der Waals surface area contributed by atoms with Crippen molar-refractivity contribution >= 4 is 34.9 Å². The van der Waals surface area contributed by atoms with E-state index in [1.165, 1.54) is 4.80 Å². The van der Waals surface area contributed by atoms with Crippen LogP contribution in [0.5, 0.6) is 0 Å². The van der Waals surface area contributed by atoms with Gasteiger partial charge in [0.15, 0.2) is 5.82 Å². The van der Waals surface area contributed by atoms with E-state index in [-0.39, 0.29) is 13.2 Å². The number of nitrogens with zero attached hydrogens (tertiary/aromatic N) is 4. The molecule has 2 amide bonds. The first kappa shape index (κ1) is 20.1. The van der Waals surface area contributed by atoms with Gasteiger partial charge in [0.05, 0.1) is 19.2 Å². The molecule has 2 aromatic carbocycles. The number of carbonyl (C=O) groups is 1. The average molecular weight is 421 g/mol. The van der Waals surface area contributed by atoms with Gasteiger partial charge in [-0.3, -0.25) is 0 Å². The van der Waals surface area contributed by atoms with Gasteiger partial charge in [-0.05, 0) is 47.2 Å². The number of halogens is 2. The van der Waals surface area contributed by atoms with E-state index < -0.39 is 12.1 Å². The Labute approximate surface area is 171 Å². The summed E-state index contributed by atoms with van der Waals surface area (Å²) in [4.78, 5) is 13.7. The molecule has 28 heavy (non-hydrogen) atoms. The van der Waals surface area contributed by atoms with Crippen LogP contribution in [0.15, 0.2) is 48.5 Å². The number of tetrazole rings is 1. The molecular weight excluding hydrogens is 403 g/mol. The molecule has 0 radical (unpaired) electrons. The molecule has 0 aliphatic heterocycles. The standard InChI is InChI=1S/C18H18Cl2N6O2/c19-13-3-1-12(2-4-13)11-16(17-23-25-26(24-17)9-10-27)22-18(28)21-15-7-5-14(20)6-8-15/h1-8,16,27H,9-11H2,(H2,21,22,28)/t16-/m0/s1. The number of aromatic nitrogens is 4. The lowest BCUT2D eigenvalue weighted by Crippen LogP contribution is -2.34. The largest absolute Gasteiger partial charge is 0.394 e. The fourth-order valence-electron chi connectivity index (χ4n) is 2.50. The third-order valence-electron chi connectivity index (χ3n) is 3.84. The summed E-state index contributed by atoms with van der Waals surface area (Å²) in [6.07, 6.45) is 0.441. The molecule has 3 rings (SSSR count). The SMILES string of the molecule is O=C(Nc1ccc(Cl)cc1)N[C@@H](Cc1ccc(Cl)cc1)c1nnn(CCO)n1. The lowest BCUT2D eigenvalue weighted by Gasteiger charge is -2.16. The number of rotatable bonds is 7. The van der Waals surface area contributed by atoms with Crippen molar-refractivity contribution in [3.05, 3.63) is 70.0 Å². The molecule has 0 saturated heterocycles. The number of anilines is 1. The number of aliphatic hydroxyl groups is 1. The minimum Gasteiger partial charge on any atom is -0.394 e. The van der Waals surface area contributed by atoms with Crippen LogP contribution >= 0.6 is 23.2 Å². The normalized spacial score (nSPS) is 11.8. The summed E-state index contributed by atoms with van der Waals surface area (Å²) in [6, 6.07) is 13.1. The molecule has 1 aromatic heterocycles. The highest BCUT2D eigenvalue weighted by atomic mass is 35.5. The summed E-state index contributed by atoms with van der Waals surface area (Å²) in [5, 5.41) is 28.0. The summed E-state index contributed by atoms with van der Waals surface area (Å²) in [5.74, 6) is 0.342. The molecule has 0 aliphatic carbocycles. The highest BCUT2D eigenvalue weighted by Crippen LogP contribution is 2.18. The van der Waals surface area contributed by atoms with Crippen molar-refractivity contribution in [2.24, 2.45) is 0 Å². The molecule has 10 heteroatoms. The third-order valence-corrected chi connectivity index (χ3v) is 4.34. The van der Waals surface area contributed by atoms with E-state index in [0.717, 1.165) is 5.56 Å². The smallest absolute Gasteiger partial charge is 0.319 e. The number of nitrogens with one attached hydrogen (secondary N) is 2. The molecule has 0 aliphatic rings. The molecule has 0 unspecified atom stereocenters. The van der Waals surface area contributed by atoms with Crippen LogP contribution in [0, 0.1) is 0 Å². The number of hydrogen-bond acceptors (Lipinski definition) is 5. The Bertz CT molecular complexity index is 915. The first-order chi connectivity index (χ1) is 13.5. The molecule has 1 heterocycles. The molecule has 146 valence electrons. The van der Waals surface area contributed by atoms with Gasteiger partial charge in [0.25, 0.3) is 0 Å². The van der Waals surface area contributed by atoms with Crippen molar-refractivity contribution in [1.82, 2.24) is 25.5 Å². The van der Waals surface area contributed by atoms with Crippen LogP contribution in [-0.4, -0.2) is 38.0 Å². The van der Waals surface area contributed by atoms with Gasteiger partial charge in [-0.15, -0.1) is 10.2 Å². The predicted octanol–water partition coefficient (Wildman–Crippen LogP) is 3.08. The molecular formula is C18H18Cl2N6O2. The molecule has 0 fully saturated rings. The summed E-state index contributed by atoms with van der Waals surface area (Å²) >= 11 is 11.8. The highest BCUT2D eigenvalue weighted by Gasteiger charge is 2.20. The Balaban J connectivity index is 1.75. The number of benzene rings is 2. The van der Waals surface area contributed by atoms with E-state index in [1.54, 1.807) is 36.4 Å². The summed E-state index contributed by atoms with van der Waals surface area (Å²) in [6.45, 7) is 0.111. The Kier molecular flexibility index (Phi) is 6.80. The van der Waals surface area contributed by atoms with Crippen molar-refractivity contribution in [3.8, 4) is 0 Å². The second-order valence-corrected chi connectivity index (χ2v) is 6.83. The number of urea groups is 1. The van der Waals surface area contributed by atoms with E-state index in [4.69, 9.17) is 28.3 Å². The molecule has 3 aromatic rings. The third kappa shape index (κ3) is 5.66. The monoisotopic (exact) mass is 420 g/mol. The maximum Gasteiger partial charge on any atom is 0.319 e. The fraction of sp³-hybridized carbons (Fsp3) is 0.222. The number of aliphatic hydroxyl groups excluding tert-OH is 1. The van der Waals surface area contributed by atoms with Crippen molar-refractivity contribution in [2.45, 2.75) is 19.0 Å². The van der Waals surface area contributed by atoms with Crippen LogP contribution in [-0.2, 0) is 13.0 Å². The first-order valence-electron chi connectivity index (χ1n) is 8.49. The summed E-state index contributed by atoms with van der Waals surface area (Å²) in [5.41, 5.74) is 1.55. The zero-order valence-electron chi connectivity index (χ0n) is 14.7. The Hall–Kier alpha value is -2.68. The van der Waals surface area contributed by atoms with Gasteiger partial charge in [-0.2, -0.15) is 4.80 Å². The quantitative estimate of drug-likeness (QED) is 0.544. The minimum absolute atomic E-state index is 0.109. The summed E-state index contributed by atoms with van der Waals surface area (Å²) in [7, 11) is 0. The topological polar surface area (TPSA) is 105 Å². The van der Waals surface area contributed by atoms with Crippen molar-refractivity contribution in [3.63, 3.8) is 0 Å². The maximum atomic E-state index is 12.5. The number of amides is 2. The second-order valence-electron chi connectivity index (χ2n) is 5.96. The van der Waals surface area contributed by atoms with E-state index in [2.05, 4.69) is 26.0 Å². The molecule has 8 nitrogen and oxygen atoms in total. The predicted molar refractivity (Wildman–Crippen MR) is 106 cm³/mol. The molecule has 0 bridgehead atoms. The van der Waals surface area contributed by atoms with E-state index >= 15 is 0 Å². The van der Waals surface area contributed by atoms with Crippen LogP contribution in [0.1, 0.15) is 17.4 Å². The second kappa shape index (κ2) is 9.50. The maximum absolute atomic E-state index is 12.5. The zero-order valence-corrected chi connectivity index (χ0v) is 16.2. The van der Waals surface area contributed by atoms with Crippen LogP contribution in [0.2, 0.25) is 10.0 Å². The fourth-order valence-corrected chi connectivity index (χ4v) is 2.75. The Morgan fingerprint density at radius 1 is 1.07 bits per heavy atom. The number of carbonyl (C=O) groups excluding carboxylic acids is 1. The van der Waals surface area contributed by atoms with Gasteiger partial charge in [0.2, 0.25) is 0 Å². The van der Waals surface area contributed by atoms with E-state index in [0.29, 0.717) is 28.0 Å². The van der Waals surface area contributed by atoms with Gasteiger partial charge >= 0.3 is 6.03 Å². The Morgan fingerprint density at radius 2 is 1.71 bits per heavy atom. The summed E-state index contributed by atoms with van der Waals surface area (Å²) < 4.78 is 0. The van der Waals surface area contributed by atoms with Gasteiger partial charge < -0.3 is 15.7 Å². The van der Waals surface area contributed by atoms with E-state index in [1.807, 2.05) is 12.1 Å². The van der Waals surface area contributed by atoms with Crippen molar-refractivity contribution in [2.75, 3.05) is 11.9 Å². The minimum atomic E-state index is -0.527. The van der Waals surface area contributed by atoms with Crippen molar-refractivity contribution in [1.29, 1.82) is 0 Å². The van der Waals surface area contributed by atoms with Gasteiger partial charge in [0.1, 0.15) is 0 Å². The van der Waals surface area contributed by atoms with Gasteiger partial charge in [-0.25, -0.2) is 4.79 Å². The van der Waals surface area contributed by atoms with Crippen LogP contribution in [0.3, 0.4) is 0 Å². The Morgan fingerprint density at radius 3 is 2.36 bits per heavy atom. The van der Waals surface area contributed by atoms with Gasteiger partial charge in [-0.1, -0.05) is 35.3 Å². The highest BCUT2D eigenvalue weighted by molar-refractivity contribution is 6.30. The molecule has 3 N–H and O–H groups in total. The first-order valence-corrected chi connectivity index (χ1v) is 9.25. The molecule has 1 atom stereocenters. The average Bonchev–Trinajstić information content (AvgIpc) is 3.14. The van der Waals surface area contributed by atoms with Crippen LogP contribution in [0.25, 0.3) is 0 Å². The van der Waals surface area contributed by atoms with Crippen LogP contribution in [0.4, 0.5) is 10.5 Å². The van der Waals surface area contributed by atoms with Gasteiger partial charge in [0, 0.05) is 22.2 Å². The molecule has 0 saturated carbocycles. The lowest BCUT2D eigenvalue weighted by molar-refractivity contribution is 0.247.